The quantitative estimate of drug-likeness (QED) is 0.882. The summed E-state index contributed by atoms with van der Waals surface area (Å²) in [5.41, 5.74) is 0.585. The summed E-state index contributed by atoms with van der Waals surface area (Å²) in [4.78, 5) is 23.2. The average Bonchev–Trinajstić information content (AvgIpc) is 2.94. The minimum atomic E-state index is -0.825. The fraction of sp³-hybridized carbons (Fsp3) is 0.500. The molecule has 1 saturated carbocycles. The monoisotopic (exact) mass is 341 g/mol. The van der Waals surface area contributed by atoms with Gasteiger partial charge in [0.1, 0.15) is 5.82 Å². The molecule has 1 aliphatic heterocycles. The van der Waals surface area contributed by atoms with E-state index in [0.717, 1.165) is 0 Å². The second-order valence-corrected chi connectivity index (χ2v) is 6.48. The van der Waals surface area contributed by atoms with Gasteiger partial charge in [-0.05, 0) is 37.0 Å². The maximum Gasteiger partial charge on any atom is 0.306 e. The number of carboxylic acid groups (broad SMARTS) is 1. The zero-order valence-corrected chi connectivity index (χ0v) is 13.1. The summed E-state index contributed by atoms with van der Waals surface area (Å²) in [5.74, 6) is -2.31. The fourth-order valence-corrected chi connectivity index (χ4v) is 3.24. The fourth-order valence-electron chi connectivity index (χ4n) is 3.12. The Morgan fingerprint density at radius 3 is 2.74 bits per heavy atom. The molecule has 1 amide bonds. The van der Waals surface area contributed by atoms with Gasteiger partial charge >= 0.3 is 5.97 Å². The van der Waals surface area contributed by atoms with E-state index < -0.39 is 23.8 Å². The van der Waals surface area contributed by atoms with E-state index >= 15 is 0 Å². The van der Waals surface area contributed by atoms with Crippen LogP contribution in [0.1, 0.15) is 30.9 Å². The molecule has 23 heavy (non-hydrogen) atoms. The highest BCUT2D eigenvalue weighted by Gasteiger charge is 2.40. The predicted octanol–water partition coefficient (Wildman–Crippen LogP) is 2.54. The van der Waals surface area contributed by atoms with Gasteiger partial charge in [-0.3, -0.25) is 9.59 Å². The van der Waals surface area contributed by atoms with E-state index in [1.165, 1.54) is 12.1 Å². The molecule has 0 bridgehead atoms. The Morgan fingerprint density at radius 1 is 1.35 bits per heavy atom. The summed E-state index contributed by atoms with van der Waals surface area (Å²) in [5, 5.41) is 11.8. The minimum Gasteiger partial charge on any atom is -0.481 e. The van der Waals surface area contributed by atoms with Crippen LogP contribution in [0, 0.1) is 17.7 Å². The summed E-state index contributed by atoms with van der Waals surface area (Å²) in [7, 11) is 0. The van der Waals surface area contributed by atoms with Crippen molar-refractivity contribution < 1.29 is 23.8 Å². The van der Waals surface area contributed by atoms with Crippen molar-refractivity contribution in [1.29, 1.82) is 0 Å². The topological polar surface area (TPSA) is 75.6 Å². The maximum absolute atomic E-state index is 13.6. The highest BCUT2D eigenvalue weighted by molar-refractivity contribution is 6.30. The van der Waals surface area contributed by atoms with Gasteiger partial charge in [-0.15, -0.1) is 0 Å². The van der Waals surface area contributed by atoms with Gasteiger partial charge in [-0.2, -0.15) is 0 Å². The number of hydrogen-bond donors (Lipinski definition) is 2. The van der Waals surface area contributed by atoms with E-state index in [-0.39, 0.29) is 22.9 Å². The van der Waals surface area contributed by atoms with Crippen LogP contribution in [0.4, 0.5) is 4.39 Å². The first-order chi connectivity index (χ1) is 11.0. The molecular weight excluding hydrogens is 325 g/mol. The Morgan fingerprint density at radius 2 is 2.09 bits per heavy atom. The molecule has 0 aromatic heterocycles. The predicted molar refractivity (Wildman–Crippen MR) is 80.5 cm³/mol. The number of aliphatic carboxylic acids is 1. The van der Waals surface area contributed by atoms with Crippen LogP contribution in [0.5, 0.6) is 0 Å². The van der Waals surface area contributed by atoms with Gasteiger partial charge in [0.05, 0.1) is 23.0 Å². The zero-order chi connectivity index (χ0) is 16.6. The Bertz CT molecular complexity index is 633. The van der Waals surface area contributed by atoms with E-state index in [9.17, 15) is 14.0 Å². The second kappa shape index (κ2) is 6.45. The van der Waals surface area contributed by atoms with Crippen LogP contribution >= 0.6 is 11.6 Å². The largest absolute Gasteiger partial charge is 0.481 e. The Balaban J connectivity index is 1.63. The Hall–Kier alpha value is -1.66. The highest BCUT2D eigenvalue weighted by Crippen LogP contribution is 2.36. The molecule has 1 aliphatic carbocycles. The van der Waals surface area contributed by atoms with E-state index in [4.69, 9.17) is 21.4 Å². The van der Waals surface area contributed by atoms with Crippen LogP contribution in [-0.2, 0) is 14.3 Å². The molecule has 0 radical (unpaired) electrons. The molecule has 1 saturated heterocycles. The van der Waals surface area contributed by atoms with Crippen molar-refractivity contribution in [3.05, 3.63) is 34.6 Å². The number of rotatable bonds is 4. The highest BCUT2D eigenvalue weighted by atomic mass is 35.5. The summed E-state index contributed by atoms with van der Waals surface area (Å²) in [6, 6.07) is 4.30. The third-order valence-corrected chi connectivity index (χ3v) is 4.84. The molecule has 2 aliphatic rings. The summed E-state index contributed by atoms with van der Waals surface area (Å²) in [6.45, 7) is 0.426. The molecule has 0 spiro atoms. The van der Waals surface area contributed by atoms with Gasteiger partial charge in [0, 0.05) is 12.6 Å². The first-order valence-corrected chi connectivity index (χ1v) is 7.93. The van der Waals surface area contributed by atoms with Crippen LogP contribution in [0.15, 0.2) is 18.2 Å². The lowest BCUT2D eigenvalue weighted by Crippen LogP contribution is -2.48. The van der Waals surface area contributed by atoms with Gasteiger partial charge in [0.15, 0.2) is 0 Å². The molecule has 1 aromatic rings. The van der Waals surface area contributed by atoms with Crippen LogP contribution in [-0.4, -0.2) is 29.6 Å². The van der Waals surface area contributed by atoms with Crippen LogP contribution in [0.25, 0.3) is 0 Å². The van der Waals surface area contributed by atoms with E-state index in [1.54, 1.807) is 6.07 Å². The van der Waals surface area contributed by atoms with Crippen molar-refractivity contribution in [3.8, 4) is 0 Å². The average molecular weight is 342 g/mol. The molecule has 7 heteroatoms. The molecule has 5 nitrogen and oxygen atoms in total. The Labute approximate surface area is 137 Å². The van der Waals surface area contributed by atoms with Crippen molar-refractivity contribution in [1.82, 2.24) is 5.32 Å². The molecule has 3 rings (SSSR count). The number of ether oxygens (including phenoxy) is 1. The van der Waals surface area contributed by atoms with Gasteiger partial charge in [-0.1, -0.05) is 17.7 Å². The molecule has 2 N–H and O–H groups in total. The standard InChI is InChI=1S/C16H17ClFNO4/c17-12-2-1-8(7-13(12)18)14-11(3-4-23-14)15(20)19-10-5-9(6-10)16(21)22/h1-2,7,9-11,14H,3-6H2,(H,19,20)(H,21,22)/t9?,10?,11-,14+/m1/s1. The van der Waals surface area contributed by atoms with Crippen molar-refractivity contribution in [2.75, 3.05) is 6.61 Å². The normalized spacial score (nSPS) is 29.8. The number of nitrogens with one attached hydrogen (secondary N) is 1. The van der Waals surface area contributed by atoms with Crippen LogP contribution < -0.4 is 5.32 Å². The lowest BCUT2D eigenvalue weighted by atomic mass is 9.80. The minimum absolute atomic E-state index is 0.0296. The first-order valence-electron chi connectivity index (χ1n) is 7.55. The van der Waals surface area contributed by atoms with E-state index in [0.29, 0.717) is 31.4 Å². The van der Waals surface area contributed by atoms with Crippen molar-refractivity contribution in [2.45, 2.75) is 31.4 Å². The van der Waals surface area contributed by atoms with Gasteiger partial charge in [-0.25, -0.2) is 4.39 Å². The van der Waals surface area contributed by atoms with Crippen LogP contribution in [0.2, 0.25) is 5.02 Å². The van der Waals surface area contributed by atoms with Crippen LogP contribution in [0.3, 0.4) is 0 Å². The smallest absolute Gasteiger partial charge is 0.306 e. The number of halogens is 2. The molecule has 124 valence electrons. The van der Waals surface area contributed by atoms with Gasteiger partial charge in [0.2, 0.25) is 5.91 Å². The third kappa shape index (κ3) is 3.33. The number of benzene rings is 1. The molecule has 2 atom stereocenters. The van der Waals surface area contributed by atoms with E-state index in [2.05, 4.69) is 5.32 Å². The summed E-state index contributed by atoms with van der Waals surface area (Å²) >= 11 is 5.68. The number of amides is 1. The number of carbonyl (C=O) groups excluding carboxylic acids is 1. The molecule has 0 unspecified atom stereocenters. The maximum atomic E-state index is 13.6. The Kier molecular flexibility index (Phi) is 4.55. The van der Waals surface area contributed by atoms with Gasteiger partial charge in [0.25, 0.3) is 0 Å². The second-order valence-electron chi connectivity index (χ2n) is 6.07. The van der Waals surface area contributed by atoms with Crippen molar-refractivity contribution in [3.63, 3.8) is 0 Å². The van der Waals surface area contributed by atoms with Crippen molar-refractivity contribution in [2.24, 2.45) is 11.8 Å². The first kappa shape index (κ1) is 16.2. The van der Waals surface area contributed by atoms with Gasteiger partial charge < -0.3 is 15.2 Å². The summed E-state index contributed by atoms with van der Waals surface area (Å²) < 4.78 is 19.2. The third-order valence-electron chi connectivity index (χ3n) is 4.53. The molecule has 1 aromatic carbocycles. The molecular formula is C16H17ClFNO4. The lowest BCUT2D eigenvalue weighted by molar-refractivity contribution is -0.146. The number of carbonyl (C=O) groups is 2. The lowest BCUT2D eigenvalue weighted by Gasteiger charge is -2.34. The number of hydrogen-bond acceptors (Lipinski definition) is 3. The summed E-state index contributed by atoms with van der Waals surface area (Å²) in [6.07, 6.45) is 0.955. The molecule has 2 fully saturated rings. The van der Waals surface area contributed by atoms with E-state index in [1.807, 2.05) is 0 Å². The van der Waals surface area contributed by atoms with Crippen molar-refractivity contribution >= 4 is 23.5 Å². The zero-order valence-electron chi connectivity index (χ0n) is 12.3. The molecule has 1 heterocycles. The number of carboxylic acids is 1. The SMILES string of the molecule is O=C(O)C1CC(NC(=O)[C@@H]2CCO[C@H]2c2ccc(Cl)c(F)c2)C1.